The maximum atomic E-state index is 12.1. The van der Waals surface area contributed by atoms with Crippen LogP contribution < -0.4 is 9.62 Å². The molecule has 2 aromatic carbocycles. The molecule has 0 aliphatic carbocycles. The Morgan fingerprint density at radius 1 is 1.08 bits per heavy atom. The summed E-state index contributed by atoms with van der Waals surface area (Å²) in [6, 6.07) is 15.2. The fraction of sp³-hybridized carbons (Fsp3) is 0.263. The minimum absolute atomic E-state index is 0.0371. The van der Waals surface area contributed by atoms with Crippen LogP contribution in [-0.4, -0.2) is 29.1 Å². The van der Waals surface area contributed by atoms with Crippen LogP contribution in [0.15, 0.2) is 48.5 Å². The predicted molar refractivity (Wildman–Crippen MR) is 99.5 cm³/mol. The maximum absolute atomic E-state index is 12.1. The van der Waals surface area contributed by atoms with Gasteiger partial charge in [0, 0.05) is 19.7 Å². The van der Waals surface area contributed by atoms with Crippen molar-refractivity contribution in [2.45, 2.75) is 12.7 Å². The molecule has 0 saturated heterocycles. The fourth-order valence-electron chi connectivity index (χ4n) is 2.33. The summed E-state index contributed by atoms with van der Waals surface area (Å²) < 4.78 is 26.8. The van der Waals surface area contributed by atoms with Gasteiger partial charge in [-0.1, -0.05) is 53.8 Å². The highest BCUT2D eigenvalue weighted by molar-refractivity contribution is 7.88. The van der Waals surface area contributed by atoms with Crippen molar-refractivity contribution in [3.05, 3.63) is 65.2 Å². The number of rotatable bonds is 5. The molecule has 0 aliphatic rings. The lowest BCUT2D eigenvalue weighted by molar-refractivity contribution is 0.585. The van der Waals surface area contributed by atoms with E-state index >= 15 is 0 Å². The summed E-state index contributed by atoms with van der Waals surface area (Å²) >= 11 is 0. The summed E-state index contributed by atoms with van der Waals surface area (Å²) in [6.45, 7) is 2.03. The van der Waals surface area contributed by atoms with E-state index < -0.39 is 10.0 Å². The number of sulfonamides is 1. The van der Waals surface area contributed by atoms with Crippen LogP contribution in [0.1, 0.15) is 16.7 Å². The van der Waals surface area contributed by atoms with E-state index in [-0.39, 0.29) is 12.3 Å². The Balaban J connectivity index is 1.99. The lowest BCUT2D eigenvalue weighted by Gasteiger charge is -2.13. The highest BCUT2D eigenvalue weighted by atomic mass is 32.2. The molecule has 0 spiro atoms. The zero-order chi connectivity index (χ0) is 17.6. The fourth-order valence-corrected chi connectivity index (χ4v) is 3.34. The van der Waals surface area contributed by atoms with Gasteiger partial charge in [-0.25, -0.2) is 13.1 Å². The lowest BCUT2D eigenvalue weighted by atomic mass is 10.1. The molecule has 0 fully saturated rings. The normalized spacial score (nSPS) is 10.8. The first-order valence-corrected chi connectivity index (χ1v) is 9.31. The summed E-state index contributed by atoms with van der Waals surface area (Å²) in [5, 5.41) is 0. The van der Waals surface area contributed by atoms with Gasteiger partial charge in [0.25, 0.3) is 0 Å². The van der Waals surface area contributed by atoms with Crippen LogP contribution in [0.4, 0.5) is 5.69 Å². The Kier molecular flexibility index (Phi) is 6.02. The van der Waals surface area contributed by atoms with Crippen molar-refractivity contribution in [1.82, 2.24) is 4.72 Å². The van der Waals surface area contributed by atoms with Crippen molar-refractivity contribution in [2.24, 2.45) is 0 Å². The molecule has 0 heterocycles. The zero-order valence-electron chi connectivity index (χ0n) is 14.2. The van der Waals surface area contributed by atoms with Crippen molar-refractivity contribution in [3.63, 3.8) is 0 Å². The van der Waals surface area contributed by atoms with Crippen LogP contribution in [0.25, 0.3) is 0 Å². The van der Waals surface area contributed by atoms with E-state index in [9.17, 15) is 8.42 Å². The molecule has 1 N–H and O–H groups in total. The molecule has 0 aromatic heterocycles. The third-order valence-corrected chi connectivity index (χ3v) is 4.73. The van der Waals surface area contributed by atoms with Crippen molar-refractivity contribution in [2.75, 3.05) is 25.5 Å². The Hall–Kier alpha value is -2.29. The smallest absolute Gasteiger partial charge is 0.216 e. The number of benzene rings is 2. The monoisotopic (exact) mass is 342 g/mol. The van der Waals surface area contributed by atoms with Gasteiger partial charge >= 0.3 is 0 Å². The van der Waals surface area contributed by atoms with Gasteiger partial charge in [-0.2, -0.15) is 0 Å². The predicted octanol–water partition coefficient (Wildman–Crippen LogP) is 2.53. The van der Waals surface area contributed by atoms with E-state index in [2.05, 4.69) is 16.6 Å². The molecule has 2 rings (SSSR count). The third-order valence-electron chi connectivity index (χ3n) is 3.43. The number of hydrogen-bond donors (Lipinski definition) is 1. The Bertz CT molecular complexity index is 862. The highest BCUT2D eigenvalue weighted by Gasteiger charge is 2.10. The first-order valence-electron chi connectivity index (χ1n) is 7.65. The molecule has 5 heteroatoms. The molecule has 4 nitrogen and oxygen atoms in total. The van der Waals surface area contributed by atoms with Gasteiger partial charge < -0.3 is 4.90 Å². The minimum atomic E-state index is -3.40. The molecule has 0 unspecified atom stereocenters. The second-order valence-electron chi connectivity index (χ2n) is 5.78. The maximum Gasteiger partial charge on any atom is 0.216 e. The molecule has 126 valence electrons. The molecule has 0 aliphatic heterocycles. The van der Waals surface area contributed by atoms with E-state index in [1.807, 2.05) is 74.4 Å². The summed E-state index contributed by atoms with van der Waals surface area (Å²) in [5.74, 6) is 5.87. The number of nitrogens with one attached hydrogen (secondary N) is 1. The Labute approximate surface area is 144 Å². The molecule has 0 bridgehead atoms. The Morgan fingerprint density at radius 2 is 1.83 bits per heavy atom. The van der Waals surface area contributed by atoms with Crippen LogP contribution in [0.5, 0.6) is 0 Å². The average Bonchev–Trinajstić information content (AvgIpc) is 2.51. The highest BCUT2D eigenvalue weighted by Crippen LogP contribution is 2.16. The first-order chi connectivity index (χ1) is 11.4. The topological polar surface area (TPSA) is 49.4 Å². The molecule has 24 heavy (non-hydrogen) atoms. The van der Waals surface area contributed by atoms with Gasteiger partial charge in [-0.3, -0.25) is 0 Å². The molecule has 0 radical (unpaired) electrons. The number of para-hydroxylation sites is 1. The molecule has 0 amide bonds. The largest absolute Gasteiger partial charge is 0.377 e. The van der Waals surface area contributed by atoms with Crippen molar-refractivity contribution >= 4 is 15.7 Å². The van der Waals surface area contributed by atoms with Crippen LogP contribution in [-0.2, 0) is 15.8 Å². The van der Waals surface area contributed by atoms with E-state index in [1.165, 1.54) is 0 Å². The second-order valence-corrected chi connectivity index (χ2v) is 7.59. The number of nitrogens with zero attached hydrogens (tertiary/aromatic N) is 1. The van der Waals surface area contributed by atoms with Crippen LogP contribution in [0.2, 0.25) is 0 Å². The molecular formula is C19H22N2O2S. The minimum Gasteiger partial charge on any atom is -0.377 e. The summed E-state index contributed by atoms with van der Waals surface area (Å²) in [7, 11) is 0.504. The van der Waals surface area contributed by atoms with Gasteiger partial charge in [0.2, 0.25) is 10.0 Å². The SMILES string of the molecule is Cc1cccc(CS(=O)(=O)NCC#Cc2ccccc2N(C)C)c1. The number of hydrogen-bond acceptors (Lipinski definition) is 3. The van der Waals surface area contributed by atoms with E-state index in [4.69, 9.17) is 0 Å². The second kappa shape index (κ2) is 8.00. The van der Waals surface area contributed by atoms with Crippen molar-refractivity contribution in [3.8, 4) is 11.8 Å². The lowest BCUT2D eigenvalue weighted by Crippen LogP contribution is -2.25. The van der Waals surface area contributed by atoms with Gasteiger partial charge in [-0.15, -0.1) is 0 Å². The molecule has 2 aromatic rings. The average molecular weight is 342 g/mol. The zero-order valence-corrected chi connectivity index (χ0v) is 15.0. The van der Waals surface area contributed by atoms with E-state index in [0.717, 1.165) is 22.4 Å². The quantitative estimate of drug-likeness (QED) is 0.850. The van der Waals surface area contributed by atoms with E-state index in [1.54, 1.807) is 0 Å². The van der Waals surface area contributed by atoms with Crippen LogP contribution >= 0.6 is 0 Å². The summed E-state index contributed by atoms with van der Waals surface area (Å²) in [4.78, 5) is 1.98. The van der Waals surface area contributed by atoms with Crippen molar-refractivity contribution < 1.29 is 8.42 Å². The van der Waals surface area contributed by atoms with Gasteiger partial charge in [-0.05, 0) is 24.6 Å². The summed E-state index contributed by atoms with van der Waals surface area (Å²) in [6.07, 6.45) is 0. The number of anilines is 1. The van der Waals surface area contributed by atoms with E-state index in [0.29, 0.717) is 0 Å². The molecule has 0 saturated carbocycles. The molecule has 0 atom stereocenters. The summed E-state index contributed by atoms with van der Waals surface area (Å²) in [5.41, 5.74) is 3.70. The van der Waals surface area contributed by atoms with Crippen molar-refractivity contribution in [1.29, 1.82) is 0 Å². The van der Waals surface area contributed by atoms with Gasteiger partial charge in [0.1, 0.15) is 0 Å². The number of aryl methyl sites for hydroxylation is 1. The third kappa shape index (κ3) is 5.41. The molecular weight excluding hydrogens is 320 g/mol. The first kappa shape index (κ1) is 18.1. The van der Waals surface area contributed by atoms with Gasteiger partial charge in [0.05, 0.1) is 18.0 Å². The van der Waals surface area contributed by atoms with Crippen LogP contribution in [0.3, 0.4) is 0 Å². The van der Waals surface area contributed by atoms with Gasteiger partial charge in [0.15, 0.2) is 0 Å². The van der Waals surface area contributed by atoms with Crippen LogP contribution in [0, 0.1) is 18.8 Å². The standard InChI is InChI=1S/C19H22N2O2S/c1-16-8-6-9-17(14-16)15-24(22,23)20-13-7-11-18-10-4-5-12-19(18)21(2)3/h4-6,8-10,12,14,20H,13,15H2,1-3H3. The Morgan fingerprint density at radius 3 is 2.54 bits per heavy atom.